The highest BCUT2D eigenvalue weighted by atomic mass is 16.9. The van der Waals surface area contributed by atoms with Crippen LogP contribution in [-0.4, -0.2) is 65.8 Å². The summed E-state index contributed by atoms with van der Waals surface area (Å²) in [7, 11) is 0. The summed E-state index contributed by atoms with van der Waals surface area (Å²) in [4.78, 5) is 22.5. The molecule has 0 radical (unpaired) electrons. The maximum Gasteiger partial charge on any atom is 0.303 e. The maximum atomic E-state index is 11.9. The van der Waals surface area contributed by atoms with Gasteiger partial charge in [0.05, 0.1) is 0 Å². The van der Waals surface area contributed by atoms with Crippen LogP contribution in [0.15, 0.2) is 0 Å². The lowest BCUT2D eigenvalue weighted by molar-refractivity contribution is -0.232. The van der Waals surface area contributed by atoms with E-state index in [1.807, 2.05) is 27.7 Å². The number of carboxylic acid groups (broad SMARTS) is 1. The van der Waals surface area contributed by atoms with Gasteiger partial charge in [0.15, 0.2) is 17.9 Å². The molecular weight excluding hydrogens is 346 g/mol. The van der Waals surface area contributed by atoms with Gasteiger partial charge in [0, 0.05) is 19.4 Å². The fourth-order valence-corrected chi connectivity index (χ4v) is 3.56. The van der Waals surface area contributed by atoms with Gasteiger partial charge in [-0.1, -0.05) is 0 Å². The summed E-state index contributed by atoms with van der Waals surface area (Å²) in [5.74, 6) is -2.71. The molecule has 1 amide bonds. The summed E-state index contributed by atoms with van der Waals surface area (Å²) < 4.78 is 29.7. The Morgan fingerprint density at radius 3 is 2.23 bits per heavy atom. The van der Waals surface area contributed by atoms with Crippen LogP contribution in [0, 0.1) is 0 Å². The Bertz CT molecular complexity index is 563. The van der Waals surface area contributed by atoms with Crippen molar-refractivity contribution in [1.29, 1.82) is 0 Å². The van der Waals surface area contributed by atoms with E-state index in [0.29, 0.717) is 6.42 Å². The van der Waals surface area contributed by atoms with Crippen LogP contribution in [-0.2, 0) is 33.3 Å². The minimum absolute atomic E-state index is 0.0345. The molecule has 5 atom stereocenters. The molecule has 3 aliphatic heterocycles. The number of hydrogen-bond donors (Lipinski definition) is 2. The van der Waals surface area contributed by atoms with Gasteiger partial charge in [-0.05, 0) is 34.1 Å². The van der Waals surface area contributed by atoms with Crippen LogP contribution < -0.4 is 5.32 Å². The molecule has 9 heteroatoms. The Morgan fingerprint density at radius 1 is 0.923 bits per heavy atom. The molecule has 3 aliphatic rings. The predicted octanol–water partition coefficient (Wildman–Crippen LogP) is 0.754. The summed E-state index contributed by atoms with van der Waals surface area (Å²) in [6.07, 6.45) is -1.81. The van der Waals surface area contributed by atoms with Crippen molar-refractivity contribution >= 4 is 11.9 Å². The lowest BCUT2D eigenvalue weighted by atomic mass is 9.99. The van der Waals surface area contributed by atoms with Gasteiger partial charge in [-0.2, -0.15) is 0 Å². The van der Waals surface area contributed by atoms with E-state index < -0.39 is 42.1 Å². The molecule has 9 nitrogen and oxygen atoms in total. The van der Waals surface area contributed by atoms with E-state index in [1.54, 1.807) is 0 Å². The Morgan fingerprint density at radius 2 is 1.54 bits per heavy atom. The third-order valence-electron chi connectivity index (χ3n) is 4.55. The maximum absolute atomic E-state index is 11.9. The molecule has 3 heterocycles. The fraction of sp³-hybridized carbons (Fsp3) is 0.882. The zero-order valence-electron chi connectivity index (χ0n) is 15.5. The average molecular weight is 373 g/mol. The molecule has 0 aromatic carbocycles. The SMILES string of the molecule is CC1(C)O[C@H]2[C@@H](O1)[C@@H](CNC(=O)CCCC(=O)O)O[C@@H]1OC(C)(C)O[C@@H]12. The first kappa shape index (κ1) is 19.5. The fourth-order valence-electron chi connectivity index (χ4n) is 3.56. The number of fused-ring (bicyclic) bond motifs is 3. The van der Waals surface area contributed by atoms with E-state index in [-0.39, 0.29) is 31.4 Å². The standard InChI is InChI=1S/C17H27NO8/c1-16(2)23-12-9(8-18-10(19)6-5-7-11(20)21)22-15-14(13(12)24-16)25-17(3,4)26-15/h9,12-15H,5-8H2,1-4H3,(H,18,19)(H,20,21)/t9-,12+,13+,14-,15-/m1/s1. The molecule has 148 valence electrons. The van der Waals surface area contributed by atoms with Crippen molar-refractivity contribution in [2.45, 2.75) is 89.2 Å². The number of ether oxygens (including phenoxy) is 5. The topological polar surface area (TPSA) is 113 Å². The van der Waals surface area contributed by atoms with Crippen molar-refractivity contribution < 1.29 is 38.4 Å². The molecule has 0 aromatic heterocycles. The van der Waals surface area contributed by atoms with Crippen LogP contribution in [0.5, 0.6) is 0 Å². The van der Waals surface area contributed by atoms with Crippen molar-refractivity contribution in [3.63, 3.8) is 0 Å². The highest BCUT2D eigenvalue weighted by molar-refractivity contribution is 5.76. The van der Waals surface area contributed by atoms with E-state index in [0.717, 1.165) is 0 Å². The van der Waals surface area contributed by atoms with Gasteiger partial charge in [-0.25, -0.2) is 0 Å². The number of carbonyl (C=O) groups is 2. The zero-order chi connectivity index (χ0) is 19.1. The zero-order valence-corrected chi connectivity index (χ0v) is 15.5. The highest BCUT2D eigenvalue weighted by Crippen LogP contribution is 2.43. The van der Waals surface area contributed by atoms with Crippen LogP contribution in [0.25, 0.3) is 0 Å². The van der Waals surface area contributed by atoms with Gasteiger partial charge < -0.3 is 34.1 Å². The third-order valence-corrected chi connectivity index (χ3v) is 4.55. The molecule has 3 rings (SSSR count). The van der Waals surface area contributed by atoms with Gasteiger partial charge in [0.2, 0.25) is 5.91 Å². The molecule has 0 unspecified atom stereocenters. The van der Waals surface area contributed by atoms with Crippen LogP contribution >= 0.6 is 0 Å². The van der Waals surface area contributed by atoms with Crippen LogP contribution in [0.2, 0.25) is 0 Å². The smallest absolute Gasteiger partial charge is 0.303 e. The summed E-state index contributed by atoms with van der Waals surface area (Å²) in [5.41, 5.74) is 0. The minimum Gasteiger partial charge on any atom is -0.481 e. The Hall–Kier alpha value is -1.26. The number of nitrogens with one attached hydrogen (secondary N) is 1. The first-order chi connectivity index (χ1) is 12.1. The molecular formula is C17H27NO8. The number of carboxylic acids is 1. The van der Waals surface area contributed by atoms with E-state index in [2.05, 4.69) is 5.32 Å². The molecule has 0 bridgehead atoms. The van der Waals surface area contributed by atoms with Crippen LogP contribution in [0.4, 0.5) is 0 Å². The third kappa shape index (κ3) is 4.34. The van der Waals surface area contributed by atoms with Gasteiger partial charge in [0.25, 0.3) is 0 Å². The molecule has 0 aliphatic carbocycles. The molecule has 3 fully saturated rings. The van der Waals surface area contributed by atoms with Crippen molar-refractivity contribution in [3.8, 4) is 0 Å². The number of amides is 1. The first-order valence-electron chi connectivity index (χ1n) is 8.91. The summed E-state index contributed by atoms with van der Waals surface area (Å²) in [6.45, 7) is 7.49. The predicted molar refractivity (Wildman–Crippen MR) is 87.0 cm³/mol. The molecule has 0 aromatic rings. The van der Waals surface area contributed by atoms with Crippen molar-refractivity contribution in [2.24, 2.45) is 0 Å². The van der Waals surface area contributed by atoms with Crippen molar-refractivity contribution in [2.75, 3.05) is 6.54 Å². The van der Waals surface area contributed by atoms with E-state index in [1.165, 1.54) is 0 Å². The molecule has 0 spiro atoms. The van der Waals surface area contributed by atoms with Crippen molar-refractivity contribution in [3.05, 3.63) is 0 Å². The summed E-state index contributed by atoms with van der Waals surface area (Å²) in [6, 6.07) is 0. The van der Waals surface area contributed by atoms with Crippen LogP contribution in [0.3, 0.4) is 0 Å². The van der Waals surface area contributed by atoms with Gasteiger partial charge in [-0.15, -0.1) is 0 Å². The average Bonchev–Trinajstić information content (AvgIpc) is 2.98. The van der Waals surface area contributed by atoms with Gasteiger partial charge in [-0.3, -0.25) is 9.59 Å². The van der Waals surface area contributed by atoms with E-state index in [4.69, 9.17) is 28.8 Å². The Labute approximate surface area is 152 Å². The second-order valence-electron chi connectivity index (χ2n) is 7.76. The molecule has 0 saturated carbocycles. The second-order valence-corrected chi connectivity index (χ2v) is 7.76. The lowest BCUT2D eigenvalue weighted by Crippen LogP contribution is -2.57. The molecule has 2 N–H and O–H groups in total. The quantitative estimate of drug-likeness (QED) is 0.701. The number of hydrogen-bond acceptors (Lipinski definition) is 7. The monoisotopic (exact) mass is 373 g/mol. The molecule has 3 saturated heterocycles. The van der Waals surface area contributed by atoms with E-state index in [9.17, 15) is 9.59 Å². The van der Waals surface area contributed by atoms with Crippen LogP contribution in [0.1, 0.15) is 47.0 Å². The number of carbonyl (C=O) groups excluding carboxylic acids is 1. The number of rotatable bonds is 6. The number of aliphatic carboxylic acids is 1. The summed E-state index contributed by atoms with van der Waals surface area (Å²) >= 11 is 0. The largest absolute Gasteiger partial charge is 0.481 e. The Balaban J connectivity index is 1.60. The highest BCUT2D eigenvalue weighted by Gasteiger charge is 2.60. The second kappa shape index (κ2) is 7.05. The minimum atomic E-state index is -0.915. The lowest BCUT2D eigenvalue weighted by Gasteiger charge is -2.37. The summed E-state index contributed by atoms with van der Waals surface area (Å²) in [5, 5.41) is 11.4. The van der Waals surface area contributed by atoms with E-state index >= 15 is 0 Å². The Kier molecular flexibility index (Phi) is 5.28. The first-order valence-corrected chi connectivity index (χ1v) is 8.91. The molecule has 26 heavy (non-hydrogen) atoms. The normalized spacial score (nSPS) is 37.0. The van der Waals surface area contributed by atoms with Gasteiger partial charge >= 0.3 is 5.97 Å². The van der Waals surface area contributed by atoms with Crippen molar-refractivity contribution in [1.82, 2.24) is 5.32 Å². The van der Waals surface area contributed by atoms with Gasteiger partial charge in [0.1, 0.15) is 24.4 Å².